The molecule has 1 heterocycles. The summed E-state index contributed by atoms with van der Waals surface area (Å²) in [5.74, 6) is 5.47. The number of allylic oxidation sites excluding steroid dienone is 9. The maximum atomic E-state index is 5.76. The smallest absolute Gasteiger partial charge is 0.0598 e. The molecule has 2 aromatic carbocycles. The minimum atomic E-state index is 0.398. The van der Waals surface area contributed by atoms with E-state index < -0.39 is 0 Å². The monoisotopic (exact) mass is 658 g/mol. The zero-order chi connectivity index (χ0) is 33.0. The number of aliphatic imine (C=N–C) groups is 1. The number of hydrogen-bond donors (Lipinski definition) is 0. The van der Waals surface area contributed by atoms with Crippen LogP contribution in [-0.2, 0) is 0 Å². The largest absolute Gasteiger partial charge is 0.338 e. The molecular weight excluding hydrogens is 605 g/mol. The molecule has 0 N–H and O–H groups in total. The van der Waals surface area contributed by atoms with Crippen LogP contribution in [0.4, 0.5) is 11.4 Å². The Bertz CT molecular complexity index is 1810. The van der Waals surface area contributed by atoms with Gasteiger partial charge in [0.2, 0.25) is 0 Å². The second-order valence-corrected chi connectivity index (χ2v) is 16.8. The molecule has 8 aliphatic rings. The second-order valence-electron chi connectivity index (χ2n) is 16.8. The van der Waals surface area contributed by atoms with Gasteiger partial charge in [-0.2, -0.15) is 0 Å². The van der Waals surface area contributed by atoms with Crippen LogP contribution >= 0.6 is 0 Å². The first-order chi connectivity index (χ1) is 24.8. The molecule has 2 nitrogen and oxygen atoms in total. The first kappa shape index (κ1) is 31.1. The fraction of sp³-hybridized carbons (Fsp3) is 0.479. The summed E-state index contributed by atoms with van der Waals surface area (Å²) >= 11 is 0. The number of rotatable bonds is 6. The van der Waals surface area contributed by atoms with E-state index in [0.717, 1.165) is 42.9 Å². The van der Waals surface area contributed by atoms with E-state index in [9.17, 15) is 0 Å². The third-order valence-corrected chi connectivity index (χ3v) is 14.2. The summed E-state index contributed by atoms with van der Waals surface area (Å²) in [5, 5.41) is 0. The highest BCUT2D eigenvalue weighted by Gasteiger charge is 2.59. The van der Waals surface area contributed by atoms with Crippen molar-refractivity contribution in [2.24, 2.45) is 40.5 Å². The van der Waals surface area contributed by atoms with Gasteiger partial charge >= 0.3 is 0 Å². The summed E-state index contributed by atoms with van der Waals surface area (Å²) in [6.45, 7) is 0. The van der Waals surface area contributed by atoms with Crippen molar-refractivity contribution in [3.05, 3.63) is 125 Å². The van der Waals surface area contributed by atoms with E-state index in [0.29, 0.717) is 35.8 Å². The summed E-state index contributed by atoms with van der Waals surface area (Å²) in [5.41, 5.74) is 10.4. The quantitative estimate of drug-likeness (QED) is 0.282. The highest BCUT2D eigenvalue weighted by Crippen LogP contribution is 2.61. The van der Waals surface area contributed by atoms with Crippen LogP contribution in [0.2, 0.25) is 0 Å². The van der Waals surface area contributed by atoms with E-state index in [-0.39, 0.29) is 0 Å². The van der Waals surface area contributed by atoms with Crippen LogP contribution in [0.5, 0.6) is 0 Å². The lowest BCUT2D eigenvalue weighted by molar-refractivity contribution is 0.396. The molecule has 50 heavy (non-hydrogen) atoms. The Morgan fingerprint density at radius 2 is 1.62 bits per heavy atom. The van der Waals surface area contributed by atoms with Crippen LogP contribution in [0.15, 0.2) is 114 Å². The van der Waals surface area contributed by atoms with Gasteiger partial charge in [0.05, 0.1) is 6.04 Å². The van der Waals surface area contributed by atoms with Crippen LogP contribution in [0.1, 0.15) is 112 Å². The standard InChI is InChI=1S/C48H54N2/c1-3-10-32(11-4-1)34-22-27-38(28-23-34)50(39-29-24-35(25-30-39)33-12-5-2-6-13-33)45-19-9-15-40-41(16-8-17-42(40)45)44-31-26-37-21-20-36-14-7-18-43-46(36)47(43)48(37)49-44/h1,3,5,7-9,12,15,17-24,27-28,32-33,36-37,39,41,43,46-48H,2,4,6,10-11,13-14,16,25-26,29-31H2/t32?,33?,36-,37?,39?,41?,43?,46?,47?,48?/m1/s1. The molecule has 0 amide bonds. The van der Waals surface area contributed by atoms with Gasteiger partial charge in [-0.05, 0) is 154 Å². The number of fused-ring (bicyclic) bond motifs is 4. The summed E-state index contributed by atoms with van der Waals surface area (Å²) < 4.78 is 0. The van der Waals surface area contributed by atoms with Crippen molar-refractivity contribution >= 4 is 23.2 Å². The van der Waals surface area contributed by atoms with E-state index in [1.54, 1.807) is 5.57 Å². The lowest BCUT2D eigenvalue weighted by Crippen LogP contribution is -2.34. The molecule has 10 rings (SSSR count). The van der Waals surface area contributed by atoms with Gasteiger partial charge in [-0.25, -0.2) is 0 Å². The van der Waals surface area contributed by atoms with Crippen LogP contribution < -0.4 is 4.90 Å². The second kappa shape index (κ2) is 13.2. The Kier molecular flexibility index (Phi) is 8.19. The third kappa shape index (κ3) is 5.57. The maximum absolute atomic E-state index is 5.76. The molecule has 2 aromatic rings. The zero-order valence-corrected chi connectivity index (χ0v) is 29.8. The summed E-state index contributed by atoms with van der Waals surface area (Å²) in [6.07, 6.45) is 43.2. The molecule has 7 aliphatic carbocycles. The van der Waals surface area contributed by atoms with E-state index in [1.165, 1.54) is 98.0 Å². The molecule has 1 saturated carbocycles. The van der Waals surface area contributed by atoms with Crippen LogP contribution in [0, 0.1) is 35.5 Å². The molecule has 0 radical (unpaired) electrons. The van der Waals surface area contributed by atoms with Gasteiger partial charge in [-0.15, -0.1) is 0 Å². The number of hydrogen-bond acceptors (Lipinski definition) is 2. The van der Waals surface area contributed by atoms with Gasteiger partial charge < -0.3 is 4.90 Å². The summed E-state index contributed by atoms with van der Waals surface area (Å²) in [7, 11) is 0. The molecule has 0 spiro atoms. The maximum Gasteiger partial charge on any atom is 0.0598 e. The average Bonchev–Trinajstić information content (AvgIpc) is 3.96. The molecule has 0 saturated heterocycles. The van der Waals surface area contributed by atoms with E-state index in [4.69, 9.17) is 4.99 Å². The van der Waals surface area contributed by atoms with Crippen LogP contribution in [0.3, 0.4) is 0 Å². The Morgan fingerprint density at radius 1 is 0.680 bits per heavy atom. The molecule has 0 bridgehead atoms. The fourth-order valence-electron chi connectivity index (χ4n) is 11.5. The van der Waals surface area contributed by atoms with E-state index >= 15 is 0 Å². The molecule has 10 atom stereocenters. The SMILES string of the molecule is C1=CC(C2=CCC(N(c3ccc(C4CC=CCC4)cc3)c3cccc4c3C=CCC4C3=NC4C(C=C[C@H]5CC=CC6C4C65)CC3)CC2)CCC1. The Labute approximate surface area is 300 Å². The van der Waals surface area contributed by atoms with Crippen molar-refractivity contribution in [3.8, 4) is 0 Å². The first-order valence-corrected chi connectivity index (χ1v) is 20.4. The molecule has 1 fully saturated rings. The normalized spacial score (nSPS) is 36.4. The van der Waals surface area contributed by atoms with E-state index in [1.807, 2.05) is 0 Å². The van der Waals surface area contributed by atoms with Crippen molar-refractivity contribution in [2.75, 3.05) is 4.90 Å². The Morgan fingerprint density at radius 3 is 2.46 bits per heavy atom. The molecule has 2 heteroatoms. The first-order valence-electron chi connectivity index (χ1n) is 20.4. The van der Waals surface area contributed by atoms with Gasteiger partial charge in [0, 0.05) is 34.6 Å². The van der Waals surface area contributed by atoms with Crippen molar-refractivity contribution < 1.29 is 0 Å². The number of anilines is 2. The fourth-order valence-corrected chi connectivity index (χ4v) is 11.5. The minimum absolute atomic E-state index is 0.398. The van der Waals surface area contributed by atoms with Crippen molar-refractivity contribution in [2.45, 2.75) is 107 Å². The van der Waals surface area contributed by atoms with Crippen molar-refractivity contribution in [1.82, 2.24) is 0 Å². The minimum Gasteiger partial charge on any atom is -0.338 e. The van der Waals surface area contributed by atoms with Gasteiger partial charge in [-0.3, -0.25) is 4.99 Å². The van der Waals surface area contributed by atoms with Crippen molar-refractivity contribution in [1.29, 1.82) is 0 Å². The average molecular weight is 659 g/mol. The third-order valence-electron chi connectivity index (χ3n) is 14.2. The predicted octanol–water partition coefficient (Wildman–Crippen LogP) is 12.2. The number of nitrogens with zero attached hydrogens (tertiary/aromatic N) is 2. The number of benzene rings is 2. The van der Waals surface area contributed by atoms with Gasteiger partial charge in [0.15, 0.2) is 0 Å². The molecule has 9 unspecified atom stereocenters. The summed E-state index contributed by atoms with van der Waals surface area (Å²) in [4.78, 5) is 8.51. The lowest BCUT2D eigenvalue weighted by atomic mass is 9.77. The zero-order valence-electron chi connectivity index (χ0n) is 29.8. The molecule has 256 valence electrons. The Balaban J connectivity index is 0.990. The molecule has 0 aromatic heterocycles. The van der Waals surface area contributed by atoms with Gasteiger partial charge in [0.25, 0.3) is 0 Å². The summed E-state index contributed by atoms with van der Waals surface area (Å²) in [6, 6.07) is 17.9. The van der Waals surface area contributed by atoms with Gasteiger partial charge in [0.1, 0.15) is 0 Å². The van der Waals surface area contributed by atoms with E-state index in [2.05, 4.69) is 114 Å². The Hall–Kier alpha value is -3.65. The van der Waals surface area contributed by atoms with Crippen LogP contribution in [0.25, 0.3) is 6.08 Å². The lowest BCUT2D eigenvalue weighted by Gasteiger charge is -2.39. The predicted molar refractivity (Wildman–Crippen MR) is 210 cm³/mol. The van der Waals surface area contributed by atoms with Gasteiger partial charge in [-0.1, -0.05) is 96.7 Å². The highest BCUT2D eigenvalue weighted by atomic mass is 15.2. The molecular formula is C48H54N2. The molecule has 1 aliphatic heterocycles. The van der Waals surface area contributed by atoms with Crippen molar-refractivity contribution in [3.63, 3.8) is 0 Å². The highest BCUT2D eigenvalue weighted by molar-refractivity contribution is 5.95. The van der Waals surface area contributed by atoms with Crippen LogP contribution in [-0.4, -0.2) is 17.8 Å². The topological polar surface area (TPSA) is 15.6 Å².